The molecule has 1 aliphatic heterocycles. The fourth-order valence-electron chi connectivity index (χ4n) is 2.83. The number of guanidine groups is 1. The SMILES string of the molecule is CCNC(=NCC1(C)COC1)NC(C)c1ccc(CC(C)C)cc1. The van der Waals surface area contributed by atoms with Crippen LogP contribution in [0.1, 0.15) is 51.8 Å². The van der Waals surface area contributed by atoms with Crippen LogP contribution >= 0.6 is 0 Å². The van der Waals surface area contributed by atoms with Crippen molar-refractivity contribution in [3.8, 4) is 0 Å². The standard InChI is InChI=1S/C20H33N3O/c1-6-21-19(22-12-20(5)13-24-14-20)23-16(4)18-9-7-17(8-10-18)11-15(2)3/h7-10,15-16H,6,11-14H2,1-5H3,(H2,21,22,23). The van der Waals surface area contributed by atoms with E-state index < -0.39 is 0 Å². The van der Waals surface area contributed by atoms with Gasteiger partial charge in [0.1, 0.15) is 0 Å². The second-order valence-electron chi connectivity index (χ2n) is 7.70. The Morgan fingerprint density at radius 1 is 1.21 bits per heavy atom. The van der Waals surface area contributed by atoms with E-state index in [1.807, 2.05) is 0 Å². The van der Waals surface area contributed by atoms with Gasteiger partial charge in [-0.2, -0.15) is 0 Å². The molecule has 1 heterocycles. The van der Waals surface area contributed by atoms with E-state index in [0.717, 1.165) is 38.7 Å². The number of hydrogen-bond donors (Lipinski definition) is 2. The van der Waals surface area contributed by atoms with Gasteiger partial charge in [-0.25, -0.2) is 0 Å². The van der Waals surface area contributed by atoms with Crippen LogP contribution in [0.15, 0.2) is 29.3 Å². The molecule has 0 aliphatic carbocycles. The summed E-state index contributed by atoms with van der Waals surface area (Å²) < 4.78 is 5.31. The predicted octanol–water partition coefficient (Wildman–Crippen LogP) is 3.54. The summed E-state index contributed by atoms with van der Waals surface area (Å²) in [4.78, 5) is 4.74. The Kier molecular flexibility index (Phi) is 6.67. The lowest BCUT2D eigenvalue weighted by Crippen LogP contribution is -2.44. The van der Waals surface area contributed by atoms with Crippen LogP contribution in [0.3, 0.4) is 0 Å². The third-order valence-electron chi connectivity index (χ3n) is 4.34. The van der Waals surface area contributed by atoms with Gasteiger partial charge in [0.25, 0.3) is 0 Å². The van der Waals surface area contributed by atoms with Crippen LogP contribution in [-0.4, -0.2) is 32.3 Å². The molecule has 1 unspecified atom stereocenters. The first-order chi connectivity index (χ1) is 11.4. The quantitative estimate of drug-likeness (QED) is 0.593. The highest BCUT2D eigenvalue weighted by atomic mass is 16.5. The topological polar surface area (TPSA) is 45.7 Å². The van der Waals surface area contributed by atoms with Gasteiger partial charge in [0.2, 0.25) is 0 Å². The maximum Gasteiger partial charge on any atom is 0.191 e. The molecule has 1 aromatic rings. The van der Waals surface area contributed by atoms with Gasteiger partial charge in [-0.05, 0) is 37.3 Å². The average molecular weight is 332 g/mol. The molecular formula is C20H33N3O. The van der Waals surface area contributed by atoms with E-state index in [4.69, 9.17) is 9.73 Å². The summed E-state index contributed by atoms with van der Waals surface area (Å²) in [5.41, 5.74) is 2.88. The lowest BCUT2D eigenvalue weighted by molar-refractivity contribution is -0.0945. The smallest absolute Gasteiger partial charge is 0.191 e. The maximum absolute atomic E-state index is 5.31. The van der Waals surface area contributed by atoms with E-state index in [-0.39, 0.29) is 11.5 Å². The van der Waals surface area contributed by atoms with Crippen molar-refractivity contribution in [3.05, 3.63) is 35.4 Å². The molecule has 0 spiro atoms. The van der Waals surface area contributed by atoms with Crippen molar-refractivity contribution in [2.75, 3.05) is 26.3 Å². The molecule has 0 saturated carbocycles. The molecule has 4 nitrogen and oxygen atoms in total. The Morgan fingerprint density at radius 2 is 1.88 bits per heavy atom. The van der Waals surface area contributed by atoms with E-state index in [2.05, 4.69) is 69.5 Å². The highest BCUT2D eigenvalue weighted by Crippen LogP contribution is 2.26. The predicted molar refractivity (Wildman–Crippen MR) is 101 cm³/mol. The Hall–Kier alpha value is -1.55. The molecule has 0 amide bonds. The van der Waals surface area contributed by atoms with Crippen molar-refractivity contribution in [1.29, 1.82) is 0 Å². The summed E-state index contributed by atoms with van der Waals surface area (Å²) in [6, 6.07) is 9.15. The molecule has 0 aromatic heterocycles. The van der Waals surface area contributed by atoms with Gasteiger partial charge in [0.15, 0.2) is 5.96 Å². The summed E-state index contributed by atoms with van der Waals surface area (Å²) in [6.45, 7) is 14.3. The third-order valence-corrected chi connectivity index (χ3v) is 4.34. The van der Waals surface area contributed by atoms with Gasteiger partial charge in [-0.1, -0.05) is 45.0 Å². The molecule has 0 bridgehead atoms. The first kappa shape index (κ1) is 18.8. The van der Waals surface area contributed by atoms with E-state index >= 15 is 0 Å². The zero-order valence-electron chi connectivity index (χ0n) is 15.9. The minimum atomic E-state index is 0.198. The van der Waals surface area contributed by atoms with Gasteiger partial charge in [-0.15, -0.1) is 0 Å². The summed E-state index contributed by atoms with van der Waals surface area (Å²) in [7, 11) is 0. The van der Waals surface area contributed by atoms with Gasteiger partial charge < -0.3 is 15.4 Å². The molecular weight excluding hydrogens is 298 g/mol. The van der Waals surface area contributed by atoms with Crippen molar-refractivity contribution in [2.45, 2.75) is 47.1 Å². The van der Waals surface area contributed by atoms with Crippen LogP contribution in [0, 0.1) is 11.3 Å². The summed E-state index contributed by atoms with van der Waals surface area (Å²) in [5.74, 6) is 1.57. The normalized spacial score (nSPS) is 18.2. The number of hydrogen-bond acceptors (Lipinski definition) is 2. The Morgan fingerprint density at radius 3 is 2.38 bits per heavy atom. The Labute approximate surface area is 147 Å². The third kappa shape index (κ3) is 5.52. The number of ether oxygens (including phenoxy) is 1. The summed E-state index contributed by atoms with van der Waals surface area (Å²) in [5, 5.41) is 6.85. The van der Waals surface area contributed by atoms with Gasteiger partial charge in [-0.3, -0.25) is 4.99 Å². The summed E-state index contributed by atoms with van der Waals surface area (Å²) >= 11 is 0. The van der Waals surface area contributed by atoms with Crippen molar-refractivity contribution >= 4 is 5.96 Å². The van der Waals surface area contributed by atoms with E-state index in [1.165, 1.54) is 11.1 Å². The second kappa shape index (κ2) is 8.52. The van der Waals surface area contributed by atoms with E-state index in [9.17, 15) is 0 Å². The first-order valence-electron chi connectivity index (χ1n) is 9.13. The largest absolute Gasteiger partial charge is 0.380 e. The number of benzene rings is 1. The van der Waals surface area contributed by atoms with Crippen LogP contribution in [0.2, 0.25) is 0 Å². The molecule has 0 radical (unpaired) electrons. The molecule has 1 aliphatic rings. The highest BCUT2D eigenvalue weighted by molar-refractivity contribution is 5.80. The number of rotatable bonds is 7. The molecule has 24 heavy (non-hydrogen) atoms. The van der Waals surface area contributed by atoms with Crippen LogP contribution in [0.4, 0.5) is 0 Å². The van der Waals surface area contributed by atoms with E-state index in [0.29, 0.717) is 5.92 Å². The molecule has 134 valence electrons. The minimum absolute atomic E-state index is 0.198. The molecule has 1 saturated heterocycles. The molecule has 4 heteroatoms. The van der Waals surface area contributed by atoms with Gasteiger partial charge >= 0.3 is 0 Å². The zero-order chi connectivity index (χ0) is 17.6. The Balaban J connectivity index is 1.96. The highest BCUT2D eigenvalue weighted by Gasteiger charge is 2.33. The summed E-state index contributed by atoms with van der Waals surface area (Å²) in [6.07, 6.45) is 1.13. The lowest BCUT2D eigenvalue weighted by Gasteiger charge is -2.36. The van der Waals surface area contributed by atoms with Crippen molar-refractivity contribution < 1.29 is 4.74 Å². The van der Waals surface area contributed by atoms with Crippen molar-refractivity contribution in [2.24, 2.45) is 16.3 Å². The molecule has 2 rings (SSSR count). The van der Waals surface area contributed by atoms with Crippen molar-refractivity contribution in [1.82, 2.24) is 10.6 Å². The van der Waals surface area contributed by atoms with Crippen LogP contribution in [0.25, 0.3) is 0 Å². The molecule has 1 atom stereocenters. The van der Waals surface area contributed by atoms with Crippen molar-refractivity contribution in [3.63, 3.8) is 0 Å². The maximum atomic E-state index is 5.31. The monoisotopic (exact) mass is 331 g/mol. The number of aliphatic imine (C=N–C) groups is 1. The molecule has 1 aromatic carbocycles. The van der Waals surface area contributed by atoms with Crippen LogP contribution in [-0.2, 0) is 11.2 Å². The molecule has 2 N–H and O–H groups in total. The Bertz CT molecular complexity index is 532. The number of nitrogens with one attached hydrogen (secondary N) is 2. The fourth-order valence-corrected chi connectivity index (χ4v) is 2.83. The fraction of sp³-hybridized carbons (Fsp3) is 0.650. The lowest BCUT2D eigenvalue weighted by atomic mass is 9.89. The van der Waals surface area contributed by atoms with Crippen LogP contribution in [0.5, 0.6) is 0 Å². The minimum Gasteiger partial charge on any atom is -0.380 e. The first-order valence-corrected chi connectivity index (χ1v) is 9.13. The van der Waals surface area contributed by atoms with E-state index in [1.54, 1.807) is 0 Å². The van der Waals surface area contributed by atoms with Gasteiger partial charge in [0, 0.05) is 12.0 Å². The number of nitrogens with zero attached hydrogens (tertiary/aromatic N) is 1. The van der Waals surface area contributed by atoms with Crippen LogP contribution < -0.4 is 10.6 Å². The average Bonchev–Trinajstić information content (AvgIpc) is 2.51. The van der Waals surface area contributed by atoms with Gasteiger partial charge in [0.05, 0.1) is 25.8 Å². The second-order valence-corrected chi connectivity index (χ2v) is 7.70. The zero-order valence-corrected chi connectivity index (χ0v) is 15.9. The molecule has 1 fully saturated rings.